The molecule has 0 atom stereocenters. The van der Waals surface area contributed by atoms with Crippen LogP contribution in [0.2, 0.25) is 0 Å². The number of aliphatic imine (C=N–C) groups is 1. The summed E-state index contributed by atoms with van der Waals surface area (Å²) in [5.74, 6) is 0.436. The van der Waals surface area contributed by atoms with Gasteiger partial charge in [-0.25, -0.2) is 17.1 Å². The van der Waals surface area contributed by atoms with Crippen molar-refractivity contribution in [3.63, 3.8) is 0 Å². The second-order valence-corrected chi connectivity index (χ2v) is 10.6. The Kier molecular flexibility index (Phi) is 8.05. The molecular weight excluding hydrogens is 526 g/mol. The first-order valence-corrected chi connectivity index (χ1v) is 11.2. The molecule has 0 aliphatic heterocycles. The second kappa shape index (κ2) is 9.71. The monoisotopic (exact) mass is 552 g/mol. The summed E-state index contributed by atoms with van der Waals surface area (Å²) in [5.41, 5.74) is 0.563. The minimum Gasteiger partial charge on any atom is -0.356 e. The van der Waals surface area contributed by atoms with Crippen molar-refractivity contribution in [2.24, 2.45) is 4.99 Å². The molecular formula is C19H26FIN4O2S2. The van der Waals surface area contributed by atoms with Crippen molar-refractivity contribution in [1.82, 2.24) is 14.9 Å². The van der Waals surface area contributed by atoms with Crippen LogP contribution in [-0.4, -0.2) is 46.4 Å². The van der Waals surface area contributed by atoms with Crippen LogP contribution in [0.5, 0.6) is 0 Å². The molecule has 0 radical (unpaired) electrons. The lowest BCUT2D eigenvalue weighted by Gasteiger charge is -2.19. The molecule has 1 aliphatic carbocycles. The van der Waals surface area contributed by atoms with Crippen molar-refractivity contribution < 1.29 is 12.8 Å². The topological polar surface area (TPSA) is 73.8 Å². The third-order valence-corrected chi connectivity index (χ3v) is 8.29. The maximum absolute atomic E-state index is 14.1. The van der Waals surface area contributed by atoms with Gasteiger partial charge in [-0.15, -0.1) is 35.3 Å². The summed E-state index contributed by atoms with van der Waals surface area (Å²) in [6.07, 6.45) is 1.88. The SMILES string of the molecule is CN=C(NCc1ccc(S(=O)(=O)N(C)C)s1)NCC1(c2ccccc2F)CC1.I. The van der Waals surface area contributed by atoms with Gasteiger partial charge in [0.05, 0.1) is 6.54 Å². The molecule has 0 amide bonds. The highest BCUT2D eigenvalue weighted by Crippen LogP contribution is 2.48. The largest absolute Gasteiger partial charge is 0.356 e. The number of hydrogen-bond donors (Lipinski definition) is 2. The van der Waals surface area contributed by atoms with E-state index in [2.05, 4.69) is 15.6 Å². The third kappa shape index (κ3) is 5.47. The van der Waals surface area contributed by atoms with Crippen molar-refractivity contribution in [1.29, 1.82) is 0 Å². The Morgan fingerprint density at radius 2 is 1.90 bits per heavy atom. The summed E-state index contributed by atoms with van der Waals surface area (Å²) < 4.78 is 40.0. The first kappa shape index (κ1) is 24.0. The number of benzene rings is 1. The molecule has 29 heavy (non-hydrogen) atoms. The van der Waals surface area contributed by atoms with Gasteiger partial charge < -0.3 is 10.6 Å². The van der Waals surface area contributed by atoms with E-state index in [9.17, 15) is 12.8 Å². The smallest absolute Gasteiger partial charge is 0.252 e. The predicted molar refractivity (Wildman–Crippen MR) is 126 cm³/mol. The summed E-state index contributed by atoms with van der Waals surface area (Å²) in [4.78, 5) is 5.10. The predicted octanol–water partition coefficient (Wildman–Crippen LogP) is 3.15. The van der Waals surface area contributed by atoms with Crippen LogP contribution in [0.4, 0.5) is 4.39 Å². The molecule has 1 heterocycles. The van der Waals surface area contributed by atoms with Crippen molar-refractivity contribution >= 4 is 51.3 Å². The number of guanidine groups is 1. The summed E-state index contributed by atoms with van der Waals surface area (Å²) in [6.45, 7) is 1.05. The quantitative estimate of drug-likeness (QED) is 0.315. The molecule has 1 aromatic carbocycles. The van der Waals surface area contributed by atoms with E-state index in [-0.39, 0.29) is 35.2 Å². The van der Waals surface area contributed by atoms with Crippen molar-refractivity contribution in [2.45, 2.75) is 29.0 Å². The minimum absolute atomic E-state index is 0. The molecule has 0 saturated heterocycles. The molecule has 3 rings (SSSR count). The van der Waals surface area contributed by atoms with E-state index >= 15 is 0 Å². The average molecular weight is 552 g/mol. The van der Waals surface area contributed by atoms with E-state index in [1.807, 2.05) is 12.1 Å². The molecule has 2 N–H and O–H groups in total. The molecule has 0 bridgehead atoms. The van der Waals surface area contributed by atoms with Gasteiger partial charge in [0.1, 0.15) is 10.0 Å². The van der Waals surface area contributed by atoms with Gasteiger partial charge in [-0.2, -0.15) is 0 Å². The normalized spacial score (nSPS) is 15.7. The Morgan fingerprint density at radius 1 is 1.21 bits per heavy atom. The Labute approximate surface area is 192 Å². The lowest BCUT2D eigenvalue weighted by molar-refractivity contribution is 0.523. The molecule has 2 aromatic rings. The molecule has 1 fully saturated rings. The molecule has 1 aromatic heterocycles. The minimum atomic E-state index is -3.41. The molecule has 10 heteroatoms. The molecule has 1 aliphatic rings. The zero-order chi connectivity index (χ0) is 20.4. The van der Waals surface area contributed by atoms with E-state index in [4.69, 9.17) is 0 Å². The third-order valence-electron chi connectivity index (χ3n) is 4.92. The summed E-state index contributed by atoms with van der Waals surface area (Å²) in [5, 5.41) is 6.47. The number of halogens is 2. The summed E-state index contributed by atoms with van der Waals surface area (Å²) in [6, 6.07) is 10.3. The van der Waals surface area contributed by atoms with Gasteiger partial charge in [0.15, 0.2) is 5.96 Å². The number of hydrogen-bond acceptors (Lipinski definition) is 4. The zero-order valence-corrected chi connectivity index (χ0v) is 20.6. The fourth-order valence-corrected chi connectivity index (χ4v) is 5.46. The van der Waals surface area contributed by atoms with E-state index in [0.29, 0.717) is 23.3 Å². The van der Waals surface area contributed by atoms with Crippen molar-refractivity contribution in [3.8, 4) is 0 Å². The Balaban J connectivity index is 0.00000300. The number of nitrogens with zero attached hydrogens (tertiary/aromatic N) is 2. The van der Waals surface area contributed by atoms with Crippen molar-refractivity contribution in [2.75, 3.05) is 27.7 Å². The van der Waals surface area contributed by atoms with Gasteiger partial charge in [0.2, 0.25) is 0 Å². The highest BCUT2D eigenvalue weighted by atomic mass is 127. The van der Waals surface area contributed by atoms with Gasteiger partial charge in [-0.3, -0.25) is 4.99 Å². The number of rotatable bonds is 7. The van der Waals surface area contributed by atoms with Crippen LogP contribution in [0.25, 0.3) is 0 Å². The first-order chi connectivity index (χ1) is 13.3. The number of nitrogens with one attached hydrogen (secondary N) is 2. The zero-order valence-electron chi connectivity index (χ0n) is 16.6. The highest BCUT2D eigenvalue weighted by Gasteiger charge is 2.45. The molecule has 1 saturated carbocycles. The lowest BCUT2D eigenvalue weighted by atomic mass is 9.95. The van der Waals surface area contributed by atoms with E-state index in [1.165, 1.54) is 35.8 Å². The first-order valence-electron chi connectivity index (χ1n) is 8.99. The average Bonchev–Trinajstić information content (AvgIpc) is 3.29. The van der Waals surface area contributed by atoms with Crippen LogP contribution < -0.4 is 10.6 Å². The van der Waals surface area contributed by atoms with Gasteiger partial charge in [-0.05, 0) is 36.6 Å². The number of sulfonamides is 1. The van der Waals surface area contributed by atoms with Crippen LogP contribution in [0.1, 0.15) is 23.3 Å². The highest BCUT2D eigenvalue weighted by molar-refractivity contribution is 14.0. The van der Waals surface area contributed by atoms with Crippen LogP contribution in [-0.2, 0) is 22.0 Å². The van der Waals surface area contributed by atoms with E-state index in [0.717, 1.165) is 23.3 Å². The summed E-state index contributed by atoms with van der Waals surface area (Å²) in [7, 11) is 1.29. The Hall–Kier alpha value is -1.24. The molecule has 0 spiro atoms. The Morgan fingerprint density at radius 3 is 2.48 bits per heavy atom. The van der Waals surface area contributed by atoms with Crippen LogP contribution >= 0.6 is 35.3 Å². The maximum atomic E-state index is 14.1. The van der Waals surface area contributed by atoms with Crippen LogP contribution in [0.15, 0.2) is 45.6 Å². The summed E-state index contributed by atoms with van der Waals surface area (Å²) >= 11 is 1.23. The van der Waals surface area contributed by atoms with Crippen LogP contribution in [0.3, 0.4) is 0 Å². The standard InChI is InChI=1S/C19H25FN4O2S2.HI/c1-21-18(22-12-14-8-9-17(27-14)28(25,26)24(2)3)23-13-19(10-11-19)15-6-4-5-7-16(15)20;/h4-9H,10-13H2,1-3H3,(H2,21,22,23);1H. The molecule has 6 nitrogen and oxygen atoms in total. The fourth-order valence-electron chi connectivity index (χ4n) is 3.00. The van der Waals surface area contributed by atoms with Crippen molar-refractivity contribution in [3.05, 3.63) is 52.7 Å². The number of thiophene rings is 1. The maximum Gasteiger partial charge on any atom is 0.252 e. The fraction of sp³-hybridized carbons (Fsp3) is 0.421. The molecule has 0 unspecified atom stereocenters. The van der Waals surface area contributed by atoms with Gasteiger partial charge >= 0.3 is 0 Å². The van der Waals surface area contributed by atoms with Gasteiger partial charge in [-0.1, -0.05) is 18.2 Å². The molecule has 160 valence electrons. The van der Waals surface area contributed by atoms with Crippen LogP contribution in [0, 0.1) is 5.82 Å². The van der Waals surface area contributed by atoms with Gasteiger partial charge in [0, 0.05) is 38.0 Å². The second-order valence-electron chi connectivity index (χ2n) is 7.05. The van der Waals surface area contributed by atoms with E-state index < -0.39 is 10.0 Å². The van der Waals surface area contributed by atoms with Gasteiger partial charge in [0.25, 0.3) is 10.0 Å². The van der Waals surface area contributed by atoms with E-state index in [1.54, 1.807) is 25.2 Å². The lowest BCUT2D eigenvalue weighted by Crippen LogP contribution is -2.41. The Bertz CT molecular complexity index is 972.